The Hall–Kier alpha value is -1.21. The molecule has 8 heteroatoms. The van der Waals surface area contributed by atoms with E-state index in [9.17, 15) is 13.2 Å². The van der Waals surface area contributed by atoms with Crippen LogP contribution in [-0.4, -0.2) is 41.8 Å². The van der Waals surface area contributed by atoms with E-state index in [0.717, 1.165) is 0 Å². The first kappa shape index (κ1) is 13.2. The molecule has 0 spiro atoms. The first-order chi connectivity index (χ1) is 8.46. The van der Waals surface area contributed by atoms with Crippen molar-refractivity contribution in [1.82, 2.24) is 15.3 Å². The fourth-order valence-electron chi connectivity index (χ4n) is 1.75. The molecule has 1 aromatic rings. The molecule has 1 N–H and O–H groups in total. The van der Waals surface area contributed by atoms with E-state index >= 15 is 0 Å². The molecular formula is C10H12ClN3O3S. The summed E-state index contributed by atoms with van der Waals surface area (Å²) in [6, 6.07) is -0.137. The Balaban J connectivity index is 1.97. The molecule has 1 saturated heterocycles. The minimum absolute atomic E-state index is 0.110. The van der Waals surface area contributed by atoms with Gasteiger partial charge in [-0.25, -0.2) is 13.4 Å². The van der Waals surface area contributed by atoms with Gasteiger partial charge in [0.05, 0.1) is 23.9 Å². The molecule has 0 aliphatic carbocycles. The molecule has 0 saturated carbocycles. The van der Waals surface area contributed by atoms with Crippen molar-refractivity contribution in [2.75, 3.05) is 11.5 Å². The number of carbonyl (C=O) groups excluding carboxylic acids is 1. The van der Waals surface area contributed by atoms with Crippen LogP contribution in [0.15, 0.2) is 12.4 Å². The Morgan fingerprint density at radius 2 is 2.00 bits per heavy atom. The zero-order valence-corrected chi connectivity index (χ0v) is 11.0. The number of sulfone groups is 1. The Bertz CT molecular complexity index is 547. The lowest BCUT2D eigenvalue weighted by Crippen LogP contribution is -2.41. The highest BCUT2D eigenvalue weighted by atomic mass is 35.5. The normalized spacial score (nSPS) is 19.4. The number of halogens is 1. The Morgan fingerprint density at radius 1 is 1.33 bits per heavy atom. The molecule has 1 amide bonds. The van der Waals surface area contributed by atoms with Gasteiger partial charge in [0.25, 0.3) is 5.91 Å². The number of aromatic nitrogens is 2. The molecule has 0 unspecified atom stereocenters. The molecule has 1 fully saturated rings. The van der Waals surface area contributed by atoms with Crippen LogP contribution in [0.5, 0.6) is 0 Å². The average Bonchev–Trinajstić information content (AvgIpc) is 2.32. The second-order valence-electron chi connectivity index (χ2n) is 4.13. The van der Waals surface area contributed by atoms with E-state index in [1.54, 1.807) is 0 Å². The topological polar surface area (TPSA) is 89.0 Å². The largest absolute Gasteiger partial charge is 0.348 e. The van der Waals surface area contributed by atoms with Crippen molar-refractivity contribution in [1.29, 1.82) is 0 Å². The highest BCUT2D eigenvalue weighted by Crippen LogP contribution is 2.12. The highest BCUT2D eigenvalue weighted by molar-refractivity contribution is 7.91. The monoisotopic (exact) mass is 289 g/mol. The number of carbonyl (C=O) groups is 1. The molecular weight excluding hydrogens is 278 g/mol. The van der Waals surface area contributed by atoms with Crippen LogP contribution in [0.4, 0.5) is 0 Å². The predicted molar refractivity (Wildman–Crippen MR) is 66.2 cm³/mol. The molecule has 6 nitrogen and oxygen atoms in total. The van der Waals surface area contributed by atoms with Crippen LogP contribution < -0.4 is 5.32 Å². The van der Waals surface area contributed by atoms with Gasteiger partial charge >= 0.3 is 0 Å². The fourth-order valence-corrected chi connectivity index (χ4v) is 3.38. The number of nitrogens with zero attached hydrogens (tertiary/aromatic N) is 2. The summed E-state index contributed by atoms with van der Waals surface area (Å²) in [4.78, 5) is 19.4. The van der Waals surface area contributed by atoms with Gasteiger partial charge in [-0.05, 0) is 12.8 Å². The van der Waals surface area contributed by atoms with Gasteiger partial charge in [-0.3, -0.25) is 9.78 Å². The van der Waals surface area contributed by atoms with Gasteiger partial charge in [0, 0.05) is 6.04 Å². The van der Waals surface area contributed by atoms with Crippen molar-refractivity contribution >= 4 is 27.3 Å². The third-order valence-electron chi connectivity index (χ3n) is 2.73. The average molecular weight is 290 g/mol. The van der Waals surface area contributed by atoms with Crippen LogP contribution in [0.1, 0.15) is 23.3 Å². The van der Waals surface area contributed by atoms with Gasteiger partial charge in [0.15, 0.2) is 0 Å². The number of hydrogen-bond donors (Lipinski definition) is 1. The van der Waals surface area contributed by atoms with Gasteiger partial charge in [0.1, 0.15) is 20.7 Å². The highest BCUT2D eigenvalue weighted by Gasteiger charge is 2.25. The van der Waals surface area contributed by atoms with Gasteiger partial charge in [-0.1, -0.05) is 11.6 Å². The second-order valence-corrected chi connectivity index (χ2v) is 6.82. The maximum absolute atomic E-state index is 11.8. The standard InChI is InChI=1S/C10H12ClN3O3S/c11-9-6-12-5-8(14-9)10(15)13-7-1-3-18(16,17)4-2-7/h5-7H,1-4H2,(H,13,15). The Kier molecular flexibility index (Phi) is 3.82. The van der Waals surface area contributed by atoms with Crippen LogP contribution in [0.25, 0.3) is 0 Å². The maximum Gasteiger partial charge on any atom is 0.271 e. The molecule has 18 heavy (non-hydrogen) atoms. The second kappa shape index (κ2) is 5.19. The van der Waals surface area contributed by atoms with Crippen molar-refractivity contribution in [2.24, 2.45) is 0 Å². The van der Waals surface area contributed by atoms with E-state index in [2.05, 4.69) is 15.3 Å². The Morgan fingerprint density at radius 3 is 2.61 bits per heavy atom. The summed E-state index contributed by atoms with van der Waals surface area (Å²) < 4.78 is 22.5. The maximum atomic E-state index is 11.8. The summed E-state index contributed by atoms with van der Waals surface area (Å²) in [5.41, 5.74) is 0.135. The van der Waals surface area contributed by atoms with Crippen LogP contribution in [0.2, 0.25) is 5.15 Å². The molecule has 0 bridgehead atoms. The first-order valence-electron chi connectivity index (χ1n) is 5.45. The summed E-state index contributed by atoms with van der Waals surface area (Å²) in [7, 11) is -2.92. The third-order valence-corrected chi connectivity index (χ3v) is 4.63. The van der Waals surface area contributed by atoms with Crippen molar-refractivity contribution in [3.63, 3.8) is 0 Å². The SMILES string of the molecule is O=C(NC1CCS(=O)(=O)CC1)c1cncc(Cl)n1. The summed E-state index contributed by atoms with van der Waals surface area (Å²) in [6.45, 7) is 0. The van der Waals surface area contributed by atoms with Crippen LogP contribution >= 0.6 is 11.6 Å². The summed E-state index contributed by atoms with van der Waals surface area (Å²) in [6.07, 6.45) is 3.52. The van der Waals surface area contributed by atoms with Crippen molar-refractivity contribution < 1.29 is 13.2 Å². The lowest BCUT2D eigenvalue weighted by molar-refractivity contribution is 0.0929. The first-order valence-corrected chi connectivity index (χ1v) is 7.65. The molecule has 98 valence electrons. The smallest absolute Gasteiger partial charge is 0.271 e. The summed E-state index contributed by atoms with van der Waals surface area (Å²) in [5.74, 6) is -0.160. The lowest BCUT2D eigenvalue weighted by atomic mass is 10.1. The van der Waals surface area contributed by atoms with Gasteiger partial charge < -0.3 is 5.32 Å². The van der Waals surface area contributed by atoms with Crippen LogP contribution in [-0.2, 0) is 9.84 Å². The zero-order chi connectivity index (χ0) is 13.2. The molecule has 0 atom stereocenters. The van der Waals surface area contributed by atoms with E-state index < -0.39 is 9.84 Å². The number of nitrogens with one attached hydrogen (secondary N) is 1. The van der Waals surface area contributed by atoms with E-state index in [0.29, 0.717) is 12.8 Å². The van der Waals surface area contributed by atoms with Gasteiger partial charge in [-0.2, -0.15) is 0 Å². The number of rotatable bonds is 2. The lowest BCUT2D eigenvalue weighted by Gasteiger charge is -2.22. The summed E-state index contributed by atoms with van der Waals surface area (Å²) in [5, 5.41) is 2.88. The van der Waals surface area contributed by atoms with E-state index in [1.807, 2.05) is 0 Å². The van der Waals surface area contributed by atoms with Gasteiger partial charge in [0.2, 0.25) is 0 Å². The third kappa shape index (κ3) is 3.39. The molecule has 1 aliphatic heterocycles. The van der Waals surface area contributed by atoms with Crippen LogP contribution in [0.3, 0.4) is 0 Å². The molecule has 1 aliphatic rings. The van der Waals surface area contributed by atoms with Crippen LogP contribution in [0, 0.1) is 0 Å². The molecule has 0 radical (unpaired) electrons. The quantitative estimate of drug-likeness (QED) is 0.853. The van der Waals surface area contributed by atoms with Crippen molar-refractivity contribution in [3.8, 4) is 0 Å². The molecule has 0 aromatic carbocycles. The van der Waals surface area contributed by atoms with E-state index in [1.165, 1.54) is 12.4 Å². The summed E-state index contributed by atoms with van der Waals surface area (Å²) >= 11 is 5.64. The van der Waals surface area contributed by atoms with E-state index in [-0.39, 0.29) is 34.3 Å². The predicted octanol–water partition coefficient (Wildman–Crippen LogP) is 0.437. The zero-order valence-electron chi connectivity index (χ0n) is 9.47. The minimum atomic E-state index is -2.92. The van der Waals surface area contributed by atoms with Gasteiger partial charge in [-0.15, -0.1) is 0 Å². The molecule has 2 rings (SSSR count). The fraction of sp³-hybridized carbons (Fsp3) is 0.500. The minimum Gasteiger partial charge on any atom is -0.348 e. The van der Waals surface area contributed by atoms with E-state index in [4.69, 9.17) is 11.6 Å². The Labute approximate surface area is 110 Å². The molecule has 1 aromatic heterocycles. The number of amides is 1. The molecule has 2 heterocycles. The number of hydrogen-bond acceptors (Lipinski definition) is 5. The van der Waals surface area contributed by atoms with Crippen molar-refractivity contribution in [3.05, 3.63) is 23.2 Å². The van der Waals surface area contributed by atoms with Crippen molar-refractivity contribution in [2.45, 2.75) is 18.9 Å².